The molecule has 1 aliphatic heterocycles. The van der Waals surface area contributed by atoms with Crippen molar-refractivity contribution in [2.75, 3.05) is 5.73 Å². The van der Waals surface area contributed by atoms with Gasteiger partial charge in [0, 0.05) is 12.7 Å². The highest BCUT2D eigenvalue weighted by Crippen LogP contribution is 2.29. The molecule has 93 valence electrons. The molecule has 3 rings (SSSR count). The minimum absolute atomic E-state index is 0.0988. The second kappa shape index (κ2) is 4.89. The van der Waals surface area contributed by atoms with Gasteiger partial charge in [0.1, 0.15) is 11.9 Å². The maximum Gasteiger partial charge on any atom is 0.123 e. The molecule has 1 aromatic heterocycles. The number of hydrazine groups is 1. The minimum Gasteiger partial charge on any atom is -0.384 e. The van der Waals surface area contributed by atoms with E-state index in [1.54, 1.807) is 6.20 Å². The van der Waals surface area contributed by atoms with Gasteiger partial charge in [0.2, 0.25) is 0 Å². The summed E-state index contributed by atoms with van der Waals surface area (Å²) in [6.45, 7) is 1.94. The van der Waals surface area contributed by atoms with Crippen molar-refractivity contribution in [3.05, 3.63) is 48.2 Å². The Bertz CT molecular complexity index is 492. The molecule has 1 saturated heterocycles. The summed E-state index contributed by atoms with van der Waals surface area (Å²) in [5.74, 6) is 0.542. The number of nitrogens with two attached hydrogens (primary N) is 1. The average Bonchev–Trinajstić information content (AvgIpc) is 2.64. The molecule has 5 nitrogen and oxygen atoms in total. The van der Waals surface area contributed by atoms with Gasteiger partial charge >= 0.3 is 0 Å². The van der Waals surface area contributed by atoms with E-state index in [-0.39, 0.29) is 6.10 Å². The molecule has 0 bridgehead atoms. The van der Waals surface area contributed by atoms with Crippen LogP contribution in [0.4, 0.5) is 5.82 Å². The maximum atomic E-state index is 5.60. The SMILES string of the molecule is Nc1ccc(C2=CCC3ONN[CH]CC3=C2)cn1. The lowest BCUT2D eigenvalue weighted by Crippen LogP contribution is -2.31. The number of nitrogens with zero attached hydrogens (tertiary/aromatic N) is 1. The number of hydrogen-bond donors (Lipinski definition) is 3. The van der Waals surface area contributed by atoms with Gasteiger partial charge < -0.3 is 5.73 Å². The average molecular weight is 243 g/mol. The lowest BCUT2D eigenvalue weighted by Gasteiger charge is -2.20. The van der Waals surface area contributed by atoms with E-state index in [0.717, 1.165) is 18.4 Å². The van der Waals surface area contributed by atoms with Crippen molar-refractivity contribution in [2.45, 2.75) is 18.9 Å². The Morgan fingerprint density at radius 1 is 1.39 bits per heavy atom. The first-order valence-corrected chi connectivity index (χ1v) is 5.93. The summed E-state index contributed by atoms with van der Waals surface area (Å²) in [4.78, 5) is 9.59. The molecule has 0 aromatic carbocycles. The van der Waals surface area contributed by atoms with Crippen LogP contribution in [0.25, 0.3) is 5.57 Å². The minimum atomic E-state index is 0.0988. The van der Waals surface area contributed by atoms with E-state index >= 15 is 0 Å². The largest absolute Gasteiger partial charge is 0.384 e. The predicted molar refractivity (Wildman–Crippen MR) is 69.4 cm³/mol. The number of fused-ring (bicyclic) bond motifs is 1. The number of aromatic nitrogens is 1. The number of nitrogen functional groups attached to an aromatic ring is 1. The molecule has 0 amide bonds. The molecule has 1 radical (unpaired) electrons. The summed E-state index contributed by atoms with van der Waals surface area (Å²) in [7, 11) is 0. The van der Waals surface area contributed by atoms with Crippen LogP contribution in [-0.2, 0) is 4.84 Å². The van der Waals surface area contributed by atoms with Gasteiger partial charge in [0.25, 0.3) is 0 Å². The zero-order valence-electron chi connectivity index (χ0n) is 9.89. The molecule has 5 heteroatoms. The van der Waals surface area contributed by atoms with E-state index < -0.39 is 0 Å². The van der Waals surface area contributed by atoms with Gasteiger partial charge in [0.05, 0.1) is 0 Å². The van der Waals surface area contributed by atoms with Crippen LogP contribution >= 0.6 is 0 Å². The van der Waals surface area contributed by atoms with Crippen molar-refractivity contribution in [1.82, 2.24) is 16.0 Å². The van der Waals surface area contributed by atoms with Crippen LogP contribution in [0.3, 0.4) is 0 Å². The lowest BCUT2D eigenvalue weighted by molar-refractivity contribution is -0.0175. The fourth-order valence-corrected chi connectivity index (χ4v) is 2.14. The summed E-state index contributed by atoms with van der Waals surface area (Å²) in [5.41, 5.74) is 14.7. The third-order valence-corrected chi connectivity index (χ3v) is 3.13. The molecule has 1 aromatic rings. The summed E-state index contributed by atoms with van der Waals surface area (Å²) in [5, 5.41) is 0. The van der Waals surface area contributed by atoms with Gasteiger partial charge in [-0.05, 0) is 41.7 Å². The number of anilines is 1. The predicted octanol–water partition coefficient (Wildman–Crippen LogP) is 1.34. The molecular formula is C13H15N4O. The van der Waals surface area contributed by atoms with Gasteiger partial charge in [-0.15, -0.1) is 5.59 Å². The van der Waals surface area contributed by atoms with Crippen LogP contribution < -0.4 is 16.7 Å². The van der Waals surface area contributed by atoms with E-state index in [4.69, 9.17) is 10.6 Å². The van der Waals surface area contributed by atoms with Crippen molar-refractivity contribution in [1.29, 1.82) is 0 Å². The number of hydrogen-bond acceptors (Lipinski definition) is 5. The third-order valence-electron chi connectivity index (χ3n) is 3.13. The van der Waals surface area contributed by atoms with E-state index in [1.807, 2.05) is 18.7 Å². The van der Waals surface area contributed by atoms with Gasteiger partial charge in [0.15, 0.2) is 0 Å². The standard InChI is InChI=1S/C13H15N4O/c14-13-4-2-11(8-15-13)9-1-3-12-10(7-9)5-6-16-17-18-12/h1-2,4,6-8,12,16-17H,3,5H2,(H2,14,15). The normalized spacial score (nSPS) is 23.7. The Hall–Kier alpha value is -1.69. The first-order chi connectivity index (χ1) is 8.83. The fraction of sp³-hybridized carbons (Fsp3) is 0.231. The Morgan fingerprint density at radius 2 is 2.33 bits per heavy atom. The Morgan fingerprint density at radius 3 is 3.17 bits per heavy atom. The van der Waals surface area contributed by atoms with Crippen LogP contribution in [0.2, 0.25) is 0 Å². The van der Waals surface area contributed by atoms with E-state index in [1.165, 1.54) is 11.1 Å². The monoisotopic (exact) mass is 243 g/mol. The number of allylic oxidation sites excluding steroid dienone is 2. The van der Waals surface area contributed by atoms with Crippen molar-refractivity contribution in [3.63, 3.8) is 0 Å². The number of pyridine rings is 1. The molecule has 2 heterocycles. The number of rotatable bonds is 1. The summed E-state index contributed by atoms with van der Waals surface area (Å²) in [6.07, 6.45) is 7.93. The van der Waals surface area contributed by atoms with Crippen LogP contribution in [0, 0.1) is 6.54 Å². The molecule has 0 saturated carbocycles. The van der Waals surface area contributed by atoms with Crippen LogP contribution in [0.15, 0.2) is 36.1 Å². The van der Waals surface area contributed by atoms with Gasteiger partial charge in [-0.3, -0.25) is 4.84 Å². The van der Waals surface area contributed by atoms with Crippen LogP contribution in [0.1, 0.15) is 18.4 Å². The smallest absolute Gasteiger partial charge is 0.123 e. The Kier molecular flexibility index (Phi) is 3.10. The quantitative estimate of drug-likeness (QED) is 0.694. The van der Waals surface area contributed by atoms with Gasteiger partial charge in [-0.2, -0.15) is 0 Å². The molecular weight excluding hydrogens is 228 g/mol. The number of nitrogens with one attached hydrogen (secondary N) is 2. The van der Waals surface area contributed by atoms with Crippen molar-refractivity contribution < 1.29 is 4.84 Å². The van der Waals surface area contributed by atoms with E-state index in [0.29, 0.717) is 5.82 Å². The Balaban J connectivity index is 1.86. The second-order valence-corrected chi connectivity index (χ2v) is 4.35. The zero-order valence-corrected chi connectivity index (χ0v) is 9.89. The first kappa shape index (κ1) is 11.4. The Labute approximate surface area is 106 Å². The van der Waals surface area contributed by atoms with Crippen molar-refractivity contribution >= 4 is 11.4 Å². The van der Waals surface area contributed by atoms with Gasteiger partial charge in [-0.1, -0.05) is 12.2 Å². The first-order valence-electron chi connectivity index (χ1n) is 5.93. The fourth-order valence-electron chi connectivity index (χ4n) is 2.14. The molecule has 1 aliphatic carbocycles. The van der Waals surface area contributed by atoms with E-state index in [9.17, 15) is 0 Å². The maximum absolute atomic E-state index is 5.60. The summed E-state index contributed by atoms with van der Waals surface area (Å²) >= 11 is 0. The second-order valence-electron chi connectivity index (χ2n) is 4.35. The molecule has 1 unspecified atom stereocenters. The summed E-state index contributed by atoms with van der Waals surface area (Å²) in [6, 6.07) is 3.81. The molecule has 1 fully saturated rings. The molecule has 1 atom stereocenters. The molecule has 4 N–H and O–H groups in total. The lowest BCUT2D eigenvalue weighted by atomic mass is 9.91. The van der Waals surface area contributed by atoms with Crippen LogP contribution in [0.5, 0.6) is 0 Å². The highest BCUT2D eigenvalue weighted by Gasteiger charge is 2.21. The van der Waals surface area contributed by atoms with Crippen molar-refractivity contribution in [2.24, 2.45) is 0 Å². The zero-order chi connectivity index (χ0) is 12.4. The van der Waals surface area contributed by atoms with E-state index in [2.05, 4.69) is 28.2 Å². The van der Waals surface area contributed by atoms with Crippen molar-refractivity contribution in [3.8, 4) is 0 Å². The van der Waals surface area contributed by atoms with Gasteiger partial charge in [-0.25, -0.2) is 10.4 Å². The molecule has 18 heavy (non-hydrogen) atoms. The van der Waals surface area contributed by atoms with Crippen LogP contribution in [-0.4, -0.2) is 11.1 Å². The molecule has 0 spiro atoms. The summed E-state index contributed by atoms with van der Waals surface area (Å²) < 4.78 is 0. The highest BCUT2D eigenvalue weighted by molar-refractivity contribution is 5.76. The third kappa shape index (κ3) is 2.28. The topological polar surface area (TPSA) is 72.2 Å². The highest BCUT2D eigenvalue weighted by atomic mass is 16.7. The molecule has 2 aliphatic rings.